The number of nitrogens with one attached hydrogen (secondary N) is 1. The zero-order chi connectivity index (χ0) is 15.0. The Morgan fingerprint density at radius 3 is 2.29 bits per heavy atom. The van der Waals surface area contributed by atoms with Crippen LogP contribution in [0.5, 0.6) is 0 Å². The van der Waals surface area contributed by atoms with E-state index in [-0.39, 0.29) is 17.4 Å². The molecule has 3 heteroatoms. The van der Waals surface area contributed by atoms with Gasteiger partial charge in [-0.3, -0.25) is 4.79 Å². The SMILES string of the molecule is CC1(C)C(NC(=O)c2ccccc2)C1c1ccc(Cl)cc1. The summed E-state index contributed by atoms with van der Waals surface area (Å²) >= 11 is 5.94. The van der Waals surface area contributed by atoms with Crippen molar-refractivity contribution < 1.29 is 4.79 Å². The fourth-order valence-corrected chi connectivity index (χ4v) is 3.14. The van der Waals surface area contributed by atoms with Gasteiger partial charge in [0.1, 0.15) is 0 Å². The first kappa shape index (κ1) is 14.2. The maximum absolute atomic E-state index is 12.3. The van der Waals surface area contributed by atoms with Crippen molar-refractivity contribution in [3.8, 4) is 0 Å². The minimum absolute atomic E-state index is 0.00913. The van der Waals surface area contributed by atoms with Crippen molar-refractivity contribution in [3.05, 3.63) is 70.7 Å². The predicted octanol–water partition coefficient (Wildman–Crippen LogP) is 4.26. The molecule has 1 fully saturated rings. The van der Waals surface area contributed by atoms with Gasteiger partial charge >= 0.3 is 0 Å². The van der Waals surface area contributed by atoms with Crippen molar-refractivity contribution in [1.82, 2.24) is 5.32 Å². The lowest BCUT2D eigenvalue weighted by Gasteiger charge is -2.06. The molecule has 0 aromatic heterocycles. The standard InChI is InChI=1S/C18H18ClNO/c1-18(2)15(12-8-10-14(19)11-9-12)16(18)20-17(21)13-6-4-3-5-7-13/h3-11,15-16H,1-2H3,(H,20,21). The van der Waals surface area contributed by atoms with Crippen molar-refractivity contribution in [2.75, 3.05) is 0 Å². The number of carbonyl (C=O) groups excluding carboxylic acids is 1. The van der Waals surface area contributed by atoms with Crippen LogP contribution in [0, 0.1) is 5.41 Å². The summed E-state index contributed by atoms with van der Waals surface area (Å²) < 4.78 is 0. The lowest BCUT2D eigenvalue weighted by molar-refractivity contribution is 0.0946. The summed E-state index contributed by atoms with van der Waals surface area (Å²) in [6.45, 7) is 4.37. The van der Waals surface area contributed by atoms with Gasteiger partial charge in [-0.25, -0.2) is 0 Å². The van der Waals surface area contributed by atoms with Crippen molar-refractivity contribution in [1.29, 1.82) is 0 Å². The Morgan fingerprint density at radius 2 is 1.67 bits per heavy atom. The Kier molecular flexibility index (Phi) is 3.50. The summed E-state index contributed by atoms with van der Waals surface area (Å²) in [4.78, 5) is 12.3. The lowest BCUT2D eigenvalue weighted by Crippen LogP contribution is -2.28. The summed E-state index contributed by atoms with van der Waals surface area (Å²) in [6, 6.07) is 17.4. The summed E-state index contributed by atoms with van der Waals surface area (Å²) in [6.07, 6.45) is 0. The van der Waals surface area contributed by atoms with Gasteiger partial charge in [0.2, 0.25) is 0 Å². The van der Waals surface area contributed by atoms with Gasteiger partial charge in [-0.1, -0.05) is 55.8 Å². The third-order valence-electron chi connectivity index (χ3n) is 4.38. The van der Waals surface area contributed by atoms with Crippen LogP contribution in [0.2, 0.25) is 5.02 Å². The Hall–Kier alpha value is -1.80. The van der Waals surface area contributed by atoms with Crippen LogP contribution in [0.4, 0.5) is 0 Å². The molecule has 2 aromatic rings. The average Bonchev–Trinajstić information content (AvgIpc) is 3.02. The van der Waals surface area contributed by atoms with Crippen LogP contribution < -0.4 is 5.32 Å². The molecule has 0 bridgehead atoms. The van der Waals surface area contributed by atoms with Gasteiger partial charge in [0.05, 0.1) is 0 Å². The summed E-state index contributed by atoms with van der Waals surface area (Å²) in [5, 5.41) is 3.89. The highest BCUT2D eigenvalue weighted by molar-refractivity contribution is 6.30. The lowest BCUT2D eigenvalue weighted by atomic mass is 10.0. The van der Waals surface area contributed by atoms with Crippen LogP contribution in [0.1, 0.15) is 35.7 Å². The Balaban J connectivity index is 1.75. The van der Waals surface area contributed by atoms with Crippen molar-refractivity contribution in [2.24, 2.45) is 5.41 Å². The number of benzene rings is 2. The molecule has 0 heterocycles. The summed E-state index contributed by atoms with van der Waals surface area (Å²) in [7, 11) is 0. The second-order valence-electron chi connectivity index (χ2n) is 6.17. The second-order valence-corrected chi connectivity index (χ2v) is 6.60. The molecule has 3 rings (SSSR count). The predicted molar refractivity (Wildman–Crippen MR) is 85.7 cm³/mol. The third-order valence-corrected chi connectivity index (χ3v) is 4.63. The molecule has 0 saturated heterocycles. The first-order chi connectivity index (χ1) is 10.00. The zero-order valence-corrected chi connectivity index (χ0v) is 12.9. The number of halogens is 1. The van der Waals surface area contributed by atoms with Gasteiger partial charge in [0.25, 0.3) is 5.91 Å². The largest absolute Gasteiger partial charge is 0.348 e. The van der Waals surface area contributed by atoms with Crippen LogP contribution in [0.3, 0.4) is 0 Å². The fraction of sp³-hybridized carbons (Fsp3) is 0.278. The minimum atomic E-state index is -0.00913. The van der Waals surface area contributed by atoms with E-state index >= 15 is 0 Å². The number of hydrogen-bond acceptors (Lipinski definition) is 1. The number of carbonyl (C=O) groups is 1. The van der Waals surface area contributed by atoms with E-state index < -0.39 is 0 Å². The molecule has 21 heavy (non-hydrogen) atoms. The number of rotatable bonds is 3. The van der Waals surface area contributed by atoms with E-state index in [2.05, 4.69) is 19.2 Å². The van der Waals surface area contributed by atoms with Gasteiger partial charge < -0.3 is 5.32 Å². The van der Waals surface area contributed by atoms with Crippen LogP contribution in [-0.4, -0.2) is 11.9 Å². The van der Waals surface area contributed by atoms with Gasteiger partial charge in [-0.15, -0.1) is 0 Å². The van der Waals surface area contributed by atoms with E-state index in [1.54, 1.807) is 0 Å². The number of amides is 1. The fourth-order valence-electron chi connectivity index (χ4n) is 3.01. The molecule has 2 aromatic carbocycles. The summed E-state index contributed by atoms with van der Waals surface area (Å²) in [5.41, 5.74) is 2.00. The maximum atomic E-state index is 12.3. The molecular formula is C18H18ClNO. The molecule has 0 aliphatic heterocycles. The van der Waals surface area contributed by atoms with Crippen molar-refractivity contribution >= 4 is 17.5 Å². The Labute approximate surface area is 130 Å². The Morgan fingerprint density at radius 1 is 1.05 bits per heavy atom. The molecule has 108 valence electrons. The van der Waals surface area contributed by atoms with Gasteiger partial charge in [-0.05, 0) is 35.2 Å². The topological polar surface area (TPSA) is 29.1 Å². The molecule has 1 amide bonds. The normalized spacial score (nSPS) is 22.6. The maximum Gasteiger partial charge on any atom is 0.251 e. The zero-order valence-electron chi connectivity index (χ0n) is 12.1. The quantitative estimate of drug-likeness (QED) is 0.901. The average molecular weight is 300 g/mol. The van der Waals surface area contributed by atoms with E-state index in [0.717, 1.165) is 5.02 Å². The van der Waals surface area contributed by atoms with E-state index in [0.29, 0.717) is 11.5 Å². The van der Waals surface area contributed by atoms with E-state index in [4.69, 9.17) is 11.6 Å². The third kappa shape index (κ3) is 2.68. The molecule has 1 saturated carbocycles. The highest BCUT2D eigenvalue weighted by Crippen LogP contribution is 2.58. The first-order valence-electron chi connectivity index (χ1n) is 7.11. The molecule has 2 nitrogen and oxygen atoms in total. The Bertz CT molecular complexity index is 649. The van der Waals surface area contributed by atoms with Gasteiger partial charge in [0.15, 0.2) is 0 Å². The van der Waals surface area contributed by atoms with Crippen LogP contribution >= 0.6 is 11.6 Å². The van der Waals surface area contributed by atoms with Gasteiger partial charge in [-0.2, -0.15) is 0 Å². The molecule has 2 unspecified atom stereocenters. The van der Waals surface area contributed by atoms with Crippen molar-refractivity contribution in [3.63, 3.8) is 0 Å². The molecule has 1 aliphatic rings. The van der Waals surface area contributed by atoms with Crippen molar-refractivity contribution in [2.45, 2.75) is 25.8 Å². The molecule has 0 radical (unpaired) electrons. The van der Waals surface area contributed by atoms with Crippen LogP contribution in [0.25, 0.3) is 0 Å². The highest BCUT2D eigenvalue weighted by Gasteiger charge is 2.59. The molecular weight excluding hydrogens is 282 g/mol. The van der Waals surface area contributed by atoms with E-state index in [9.17, 15) is 4.79 Å². The molecule has 2 atom stereocenters. The smallest absolute Gasteiger partial charge is 0.251 e. The highest BCUT2D eigenvalue weighted by atomic mass is 35.5. The first-order valence-corrected chi connectivity index (χ1v) is 7.49. The second kappa shape index (κ2) is 5.19. The van der Waals surface area contributed by atoms with Crippen LogP contribution in [-0.2, 0) is 0 Å². The monoisotopic (exact) mass is 299 g/mol. The van der Waals surface area contributed by atoms with E-state index in [1.807, 2.05) is 54.6 Å². The molecule has 1 N–H and O–H groups in total. The van der Waals surface area contributed by atoms with Gasteiger partial charge in [0, 0.05) is 22.5 Å². The summed E-state index contributed by atoms with van der Waals surface area (Å²) in [5.74, 6) is 0.326. The van der Waals surface area contributed by atoms with Crippen LogP contribution in [0.15, 0.2) is 54.6 Å². The molecule has 1 aliphatic carbocycles. The van der Waals surface area contributed by atoms with E-state index in [1.165, 1.54) is 5.56 Å². The number of hydrogen-bond donors (Lipinski definition) is 1. The molecule has 0 spiro atoms. The minimum Gasteiger partial charge on any atom is -0.348 e.